The van der Waals surface area contributed by atoms with Crippen molar-refractivity contribution < 1.29 is 29.9 Å². The van der Waals surface area contributed by atoms with Gasteiger partial charge < -0.3 is 8.92 Å². The van der Waals surface area contributed by atoms with Gasteiger partial charge in [-0.1, -0.05) is 51.5 Å². The fraction of sp³-hybridized carbons (Fsp3) is 0.600. The van der Waals surface area contributed by atoms with E-state index < -0.39 is 37.2 Å². The van der Waals surface area contributed by atoms with E-state index in [1.807, 2.05) is 13.8 Å². The molecule has 0 aliphatic rings. The van der Waals surface area contributed by atoms with Crippen LogP contribution in [0.2, 0.25) is 0 Å². The van der Waals surface area contributed by atoms with Crippen LogP contribution < -0.4 is 4.18 Å². The highest BCUT2D eigenvalue weighted by Crippen LogP contribution is 2.26. The van der Waals surface area contributed by atoms with Crippen molar-refractivity contribution in [2.75, 3.05) is 24.7 Å². The van der Waals surface area contributed by atoms with Crippen LogP contribution in [0.4, 0.5) is 0 Å². The van der Waals surface area contributed by atoms with Gasteiger partial charge in [-0.25, -0.2) is 0 Å². The van der Waals surface area contributed by atoms with Gasteiger partial charge in [0.05, 0.1) is 24.2 Å². The van der Waals surface area contributed by atoms with E-state index in [9.17, 15) is 16.8 Å². The Morgan fingerprint density at radius 1 is 1.03 bits per heavy atom. The largest absolute Gasteiger partial charge is 0.382 e. The number of ether oxygens (including phenoxy) is 1. The van der Waals surface area contributed by atoms with Crippen LogP contribution in [0.3, 0.4) is 0 Å². The van der Waals surface area contributed by atoms with Gasteiger partial charge in [-0.15, -0.1) is 6.58 Å². The maximum atomic E-state index is 12.2. The van der Waals surface area contributed by atoms with E-state index in [1.54, 1.807) is 24.3 Å². The van der Waals surface area contributed by atoms with Crippen LogP contribution in [0.15, 0.2) is 43.0 Å². The number of hydrogen-bond acceptors (Lipinski definition) is 7. The van der Waals surface area contributed by atoms with Crippen molar-refractivity contribution in [2.45, 2.75) is 46.1 Å². The summed E-state index contributed by atoms with van der Waals surface area (Å²) in [5.41, 5.74) is -0.606. The number of para-hydroxylation sites is 1. The Balaban J connectivity index is 2.50. The van der Waals surface area contributed by atoms with Crippen LogP contribution >= 0.6 is 0 Å². The van der Waals surface area contributed by atoms with E-state index in [1.165, 1.54) is 12.1 Å². The summed E-state index contributed by atoms with van der Waals surface area (Å²) in [6.45, 7) is 9.94. The third-order valence-corrected chi connectivity index (χ3v) is 6.65. The standard InChI is InChI=1S/C20H32O7S2/c1-5-7-14-25-19(6-2)20(3,4)17-26-28(21,22)15-11-16-29(23,24)27-18-12-9-8-10-13-18/h6,8-10,12-13,19H,2,5,7,11,14-17H2,1,3-4H3. The minimum atomic E-state index is -3.89. The van der Waals surface area contributed by atoms with Crippen LogP contribution in [0, 0.1) is 5.41 Å². The SMILES string of the molecule is C=CC(OCCCC)C(C)(C)COS(=O)(=O)CCCS(=O)(=O)Oc1ccccc1. The lowest BCUT2D eigenvalue weighted by Crippen LogP contribution is -2.36. The summed E-state index contributed by atoms with van der Waals surface area (Å²) in [6, 6.07) is 8.05. The maximum absolute atomic E-state index is 12.2. The van der Waals surface area contributed by atoms with Gasteiger partial charge in [-0.05, 0) is 25.0 Å². The molecule has 0 saturated carbocycles. The van der Waals surface area contributed by atoms with Crippen LogP contribution in [-0.2, 0) is 29.2 Å². The van der Waals surface area contributed by atoms with Crippen LogP contribution in [0.1, 0.15) is 40.0 Å². The van der Waals surface area contributed by atoms with E-state index in [-0.39, 0.29) is 24.9 Å². The second-order valence-electron chi connectivity index (χ2n) is 7.40. The van der Waals surface area contributed by atoms with Crippen molar-refractivity contribution in [2.24, 2.45) is 5.41 Å². The molecular formula is C20H32O7S2. The molecule has 0 heterocycles. The number of rotatable bonds is 15. The van der Waals surface area contributed by atoms with Crippen molar-refractivity contribution in [3.63, 3.8) is 0 Å². The summed E-state index contributed by atoms with van der Waals surface area (Å²) >= 11 is 0. The molecule has 0 bridgehead atoms. The number of hydrogen-bond donors (Lipinski definition) is 0. The zero-order valence-electron chi connectivity index (χ0n) is 17.4. The molecule has 0 aromatic heterocycles. The third-order valence-electron chi connectivity index (χ3n) is 4.15. The minimum Gasteiger partial charge on any atom is -0.382 e. The molecule has 0 saturated heterocycles. The molecule has 166 valence electrons. The molecule has 1 aromatic rings. The van der Waals surface area contributed by atoms with E-state index in [4.69, 9.17) is 13.1 Å². The molecule has 1 aromatic carbocycles. The molecule has 1 atom stereocenters. The van der Waals surface area contributed by atoms with Gasteiger partial charge in [0.15, 0.2) is 0 Å². The molecule has 29 heavy (non-hydrogen) atoms. The Labute approximate surface area is 175 Å². The minimum absolute atomic E-state index is 0.0919. The molecule has 0 radical (unpaired) electrons. The lowest BCUT2D eigenvalue weighted by molar-refractivity contribution is -0.0147. The molecule has 0 amide bonds. The monoisotopic (exact) mass is 448 g/mol. The summed E-state index contributed by atoms with van der Waals surface area (Å²) in [6.07, 6.45) is 3.05. The average Bonchev–Trinajstić information content (AvgIpc) is 2.64. The average molecular weight is 449 g/mol. The number of unbranched alkanes of at least 4 members (excludes halogenated alkanes) is 1. The second-order valence-corrected chi connectivity index (χ2v) is 10.9. The molecule has 0 aliphatic carbocycles. The van der Waals surface area contributed by atoms with Gasteiger partial charge in [0.25, 0.3) is 10.1 Å². The first-order valence-electron chi connectivity index (χ1n) is 9.60. The molecular weight excluding hydrogens is 416 g/mol. The highest BCUT2D eigenvalue weighted by atomic mass is 32.2. The van der Waals surface area contributed by atoms with Crippen LogP contribution in [-0.4, -0.2) is 47.7 Å². The maximum Gasteiger partial charge on any atom is 0.309 e. The van der Waals surface area contributed by atoms with Crippen molar-refractivity contribution in [1.82, 2.24) is 0 Å². The van der Waals surface area contributed by atoms with Gasteiger partial charge in [0.2, 0.25) is 0 Å². The molecule has 7 nitrogen and oxygen atoms in total. The van der Waals surface area contributed by atoms with E-state index in [0.717, 1.165) is 12.8 Å². The number of benzene rings is 1. The van der Waals surface area contributed by atoms with E-state index in [0.29, 0.717) is 6.61 Å². The Bertz CT molecular complexity index is 816. The first-order chi connectivity index (χ1) is 13.5. The summed E-state index contributed by atoms with van der Waals surface area (Å²) in [7, 11) is -7.77. The smallest absolute Gasteiger partial charge is 0.309 e. The van der Waals surface area contributed by atoms with Gasteiger partial charge in [-0.3, -0.25) is 4.18 Å². The Morgan fingerprint density at radius 2 is 1.66 bits per heavy atom. The quantitative estimate of drug-likeness (QED) is 0.230. The molecule has 0 spiro atoms. The fourth-order valence-corrected chi connectivity index (χ4v) is 4.69. The molecule has 1 unspecified atom stereocenters. The fourth-order valence-electron chi connectivity index (χ4n) is 2.43. The van der Waals surface area contributed by atoms with Crippen molar-refractivity contribution >= 4 is 20.2 Å². The van der Waals surface area contributed by atoms with Gasteiger partial charge in [0, 0.05) is 12.0 Å². The highest BCUT2D eigenvalue weighted by Gasteiger charge is 2.31. The molecule has 9 heteroatoms. The van der Waals surface area contributed by atoms with Crippen molar-refractivity contribution in [3.05, 3.63) is 43.0 Å². The van der Waals surface area contributed by atoms with Gasteiger partial charge >= 0.3 is 10.1 Å². The zero-order valence-corrected chi connectivity index (χ0v) is 19.0. The summed E-state index contributed by atoms with van der Waals surface area (Å²) in [5, 5.41) is 0. The van der Waals surface area contributed by atoms with E-state index in [2.05, 4.69) is 13.5 Å². The normalized spacial score (nSPS) is 13.8. The zero-order chi connectivity index (χ0) is 22.0. The lowest BCUT2D eigenvalue weighted by Gasteiger charge is -2.31. The molecule has 0 aliphatic heterocycles. The predicted molar refractivity (Wildman–Crippen MR) is 114 cm³/mol. The van der Waals surface area contributed by atoms with Crippen molar-refractivity contribution in [3.8, 4) is 5.75 Å². The molecule has 0 N–H and O–H groups in total. The lowest BCUT2D eigenvalue weighted by atomic mass is 9.87. The first kappa shape index (κ1) is 25.6. The third kappa shape index (κ3) is 10.3. The predicted octanol–water partition coefficient (Wildman–Crippen LogP) is 3.53. The topological polar surface area (TPSA) is 96.0 Å². The Hall–Kier alpha value is -1.42. The second kappa shape index (κ2) is 11.7. The van der Waals surface area contributed by atoms with Crippen LogP contribution in [0.5, 0.6) is 5.75 Å². The molecule has 1 rings (SSSR count). The Morgan fingerprint density at radius 3 is 2.24 bits per heavy atom. The van der Waals surface area contributed by atoms with Gasteiger partial charge in [0.1, 0.15) is 5.75 Å². The van der Waals surface area contributed by atoms with E-state index >= 15 is 0 Å². The first-order valence-corrected chi connectivity index (χ1v) is 12.8. The van der Waals surface area contributed by atoms with Gasteiger partial charge in [-0.2, -0.15) is 16.8 Å². The van der Waals surface area contributed by atoms with Crippen LogP contribution in [0.25, 0.3) is 0 Å². The molecule has 0 fully saturated rings. The highest BCUT2D eigenvalue weighted by molar-refractivity contribution is 7.87. The summed E-state index contributed by atoms with van der Waals surface area (Å²) in [4.78, 5) is 0. The Kier molecular flexibility index (Phi) is 10.3. The van der Waals surface area contributed by atoms with Crippen molar-refractivity contribution in [1.29, 1.82) is 0 Å². The summed E-state index contributed by atoms with van der Waals surface area (Å²) in [5.74, 6) is -0.661. The summed E-state index contributed by atoms with van der Waals surface area (Å²) < 4.78 is 64.1.